The lowest BCUT2D eigenvalue weighted by molar-refractivity contribution is 0.379. The minimum Gasteiger partial charge on any atom is -0.309 e. The maximum absolute atomic E-state index is 13.0. The van der Waals surface area contributed by atoms with Gasteiger partial charge in [0.05, 0.1) is 5.39 Å². The summed E-state index contributed by atoms with van der Waals surface area (Å²) in [6.07, 6.45) is 7.58. The lowest BCUT2D eigenvalue weighted by atomic mass is 9.97. The fraction of sp³-hybridized carbons (Fsp3) is 0.625. The first kappa shape index (κ1) is 16.0. The molecule has 6 heteroatoms. The highest BCUT2D eigenvalue weighted by atomic mass is 32.2. The zero-order chi connectivity index (χ0) is 15.7. The van der Waals surface area contributed by atoms with E-state index < -0.39 is 0 Å². The van der Waals surface area contributed by atoms with E-state index in [4.69, 9.17) is 4.98 Å². The number of rotatable bonds is 5. The smallest absolute Gasteiger partial charge is 0.263 e. The van der Waals surface area contributed by atoms with Crippen LogP contribution in [0.25, 0.3) is 10.2 Å². The quantitative estimate of drug-likeness (QED) is 0.621. The molecule has 1 aliphatic carbocycles. The Morgan fingerprint density at radius 2 is 2.09 bits per heavy atom. The van der Waals surface area contributed by atoms with Crippen molar-refractivity contribution in [2.45, 2.75) is 43.8 Å². The van der Waals surface area contributed by atoms with Crippen molar-refractivity contribution in [3.63, 3.8) is 0 Å². The third-order valence-corrected chi connectivity index (χ3v) is 6.07. The van der Waals surface area contributed by atoms with Gasteiger partial charge in [0.25, 0.3) is 5.56 Å². The monoisotopic (exact) mass is 337 g/mol. The van der Waals surface area contributed by atoms with Gasteiger partial charge in [0.1, 0.15) is 4.83 Å². The van der Waals surface area contributed by atoms with E-state index in [0.717, 1.165) is 47.7 Å². The van der Waals surface area contributed by atoms with Gasteiger partial charge in [-0.15, -0.1) is 11.3 Å². The molecule has 120 valence electrons. The second-order valence-electron chi connectivity index (χ2n) is 6.10. The largest absolute Gasteiger partial charge is 0.309 e. The first-order chi connectivity index (χ1) is 10.6. The van der Waals surface area contributed by atoms with Gasteiger partial charge >= 0.3 is 0 Å². The molecule has 3 rings (SSSR count). The Morgan fingerprint density at radius 1 is 1.32 bits per heavy atom. The molecule has 2 aromatic rings. The summed E-state index contributed by atoms with van der Waals surface area (Å²) < 4.78 is 1.89. The second kappa shape index (κ2) is 6.72. The number of fused-ring (bicyclic) bond motifs is 3. The number of aryl methyl sites for hydroxylation is 2. The standard InChI is InChI=1S/C16H23N3OS2/c1-18(2)9-6-10-19-15(20)13-11-7-4-5-8-12(11)22-14(13)17-16(19)21-3/h4-10H2,1-3H3. The molecule has 0 N–H and O–H groups in total. The molecule has 1 aliphatic rings. The molecule has 22 heavy (non-hydrogen) atoms. The highest BCUT2D eigenvalue weighted by Crippen LogP contribution is 2.34. The van der Waals surface area contributed by atoms with Crippen LogP contribution in [0.5, 0.6) is 0 Å². The van der Waals surface area contributed by atoms with Gasteiger partial charge in [-0.3, -0.25) is 9.36 Å². The van der Waals surface area contributed by atoms with E-state index in [1.807, 2.05) is 10.8 Å². The van der Waals surface area contributed by atoms with Crippen molar-refractivity contribution in [1.82, 2.24) is 14.5 Å². The fourth-order valence-corrected chi connectivity index (χ4v) is 5.00. The lowest BCUT2D eigenvalue weighted by Crippen LogP contribution is -2.25. The Kier molecular flexibility index (Phi) is 4.90. The number of hydrogen-bond acceptors (Lipinski definition) is 5. The average Bonchev–Trinajstić information content (AvgIpc) is 2.87. The molecular weight excluding hydrogens is 314 g/mol. The first-order valence-corrected chi connectivity index (χ1v) is 9.89. The van der Waals surface area contributed by atoms with E-state index in [9.17, 15) is 4.79 Å². The molecule has 0 aromatic carbocycles. The normalized spacial score (nSPS) is 14.7. The molecule has 0 amide bonds. The van der Waals surface area contributed by atoms with E-state index in [-0.39, 0.29) is 5.56 Å². The van der Waals surface area contributed by atoms with Crippen LogP contribution < -0.4 is 5.56 Å². The van der Waals surface area contributed by atoms with Crippen molar-refractivity contribution >= 4 is 33.3 Å². The van der Waals surface area contributed by atoms with Crippen molar-refractivity contribution in [3.05, 3.63) is 20.8 Å². The molecule has 4 nitrogen and oxygen atoms in total. The van der Waals surface area contributed by atoms with Gasteiger partial charge in [0.2, 0.25) is 0 Å². The van der Waals surface area contributed by atoms with Crippen LogP contribution in [0.1, 0.15) is 29.7 Å². The van der Waals surface area contributed by atoms with Crippen LogP contribution in [0.4, 0.5) is 0 Å². The van der Waals surface area contributed by atoms with Crippen molar-refractivity contribution < 1.29 is 0 Å². The predicted molar refractivity (Wildman–Crippen MR) is 95.5 cm³/mol. The number of aromatic nitrogens is 2. The van der Waals surface area contributed by atoms with Gasteiger partial charge in [0.15, 0.2) is 5.16 Å². The molecule has 0 spiro atoms. The highest BCUT2D eigenvalue weighted by molar-refractivity contribution is 7.98. The van der Waals surface area contributed by atoms with E-state index in [1.165, 1.54) is 23.3 Å². The summed E-state index contributed by atoms with van der Waals surface area (Å²) in [7, 11) is 4.13. The molecular formula is C16H23N3OS2. The van der Waals surface area contributed by atoms with Crippen LogP contribution in [0, 0.1) is 0 Å². The molecule has 0 fully saturated rings. The van der Waals surface area contributed by atoms with Crippen LogP contribution in [0.3, 0.4) is 0 Å². The summed E-state index contributed by atoms with van der Waals surface area (Å²) in [4.78, 5) is 22.3. The van der Waals surface area contributed by atoms with Crippen molar-refractivity contribution in [1.29, 1.82) is 0 Å². The van der Waals surface area contributed by atoms with E-state index >= 15 is 0 Å². The number of thioether (sulfide) groups is 1. The van der Waals surface area contributed by atoms with Gasteiger partial charge in [0, 0.05) is 11.4 Å². The fourth-order valence-electron chi connectivity index (χ4n) is 3.12. The Bertz CT molecular complexity index is 733. The van der Waals surface area contributed by atoms with Gasteiger partial charge in [-0.1, -0.05) is 11.8 Å². The molecule has 2 aromatic heterocycles. The molecule has 0 atom stereocenters. The zero-order valence-electron chi connectivity index (χ0n) is 13.5. The Labute approximate surface area is 139 Å². The number of thiophene rings is 1. The molecule has 0 saturated heterocycles. The van der Waals surface area contributed by atoms with Gasteiger partial charge in [-0.05, 0) is 64.6 Å². The predicted octanol–water partition coefficient (Wildman–Crippen LogP) is 3.01. The molecule has 0 aliphatic heterocycles. The average molecular weight is 338 g/mol. The summed E-state index contributed by atoms with van der Waals surface area (Å²) in [6, 6.07) is 0. The van der Waals surface area contributed by atoms with Crippen LogP contribution in [0.2, 0.25) is 0 Å². The van der Waals surface area contributed by atoms with Crippen molar-refractivity contribution in [3.8, 4) is 0 Å². The summed E-state index contributed by atoms with van der Waals surface area (Å²) in [5, 5.41) is 1.76. The minimum atomic E-state index is 0.174. The molecule has 0 radical (unpaired) electrons. The highest BCUT2D eigenvalue weighted by Gasteiger charge is 2.21. The van der Waals surface area contributed by atoms with Gasteiger partial charge < -0.3 is 4.90 Å². The third-order valence-electron chi connectivity index (χ3n) is 4.21. The lowest BCUT2D eigenvalue weighted by Gasteiger charge is -2.14. The van der Waals surface area contributed by atoms with E-state index in [0.29, 0.717) is 0 Å². The van der Waals surface area contributed by atoms with E-state index in [2.05, 4.69) is 19.0 Å². The molecule has 0 saturated carbocycles. The third kappa shape index (κ3) is 2.96. The van der Waals surface area contributed by atoms with Gasteiger partial charge in [-0.2, -0.15) is 0 Å². The number of nitrogens with zero attached hydrogens (tertiary/aromatic N) is 3. The topological polar surface area (TPSA) is 38.1 Å². The molecule has 0 bridgehead atoms. The Balaban J connectivity index is 2.06. The second-order valence-corrected chi connectivity index (χ2v) is 7.96. The summed E-state index contributed by atoms with van der Waals surface area (Å²) >= 11 is 3.31. The number of hydrogen-bond donors (Lipinski definition) is 0. The van der Waals surface area contributed by atoms with Crippen LogP contribution in [0.15, 0.2) is 9.95 Å². The van der Waals surface area contributed by atoms with Crippen LogP contribution in [-0.4, -0.2) is 41.3 Å². The first-order valence-electron chi connectivity index (χ1n) is 7.85. The minimum absolute atomic E-state index is 0.174. The van der Waals surface area contributed by atoms with Gasteiger partial charge in [-0.25, -0.2) is 4.98 Å². The van der Waals surface area contributed by atoms with Crippen molar-refractivity contribution in [2.24, 2.45) is 0 Å². The van der Waals surface area contributed by atoms with E-state index in [1.54, 1.807) is 23.1 Å². The summed E-state index contributed by atoms with van der Waals surface area (Å²) in [5.41, 5.74) is 1.46. The summed E-state index contributed by atoms with van der Waals surface area (Å²) in [5.74, 6) is 0. The molecule has 0 unspecified atom stereocenters. The Morgan fingerprint density at radius 3 is 2.82 bits per heavy atom. The van der Waals surface area contributed by atoms with Crippen LogP contribution in [-0.2, 0) is 19.4 Å². The Hall–Kier alpha value is -0.850. The SMILES string of the molecule is CSc1nc2sc3c(c2c(=O)n1CCCN(C)C)CCCC3. The summed E-state index contributed by atoms with van der Waals surface area (Å²) in [6.45, 7) is 1.74. The zero-order valence-corrected chi connectivity index (χ0v) is 15.1. The maximum Gasteiger partial charge on any atom is 0.263 e. The molecule has 2 heterocycles. The maximum atomic E-state index is 13.0. The van der Waals surface area contributed by atoms with Crippen LogP contribution >= 0.6 is 23.1 Å². The van der Waals surface area contributed by atoms with Crippen molar-refractivity contribution in [2.75, 3.05) is 26.9 Å².